The van der Waals surface area contributed by atoms with Crippen molar-refractivity contribution >= 4 is 5.91 Å². The fourth-order valence-corrected chi connectivity index (χ4v) is 2.87. The number of amides is 1. The first-order valence-corrected chi connectivity index (χ1v) is 9.06. The molecule has 0 radical (unpaired) electrons. The molecule has 27 heavy (non-hydrogen) atoms. The number of aromatic nitrogens is 1. The van der Waals surface area contributed by atoms with Crippen LogP contribution in [0, 0.1) is 6.92 Å². The van der Waals surface area contributed by atoms with Crippen LogP contribution in [0.3, 0.4) is 0 Å². The van der Waals surface area contributed by atoms with E-state index in [-0.39, 0.29) is 5.91 Å². The molecular formula is C22H24N2O3. The third-order valence-corrected chi connectivity index (χ3v) is 4.37. The van der Waals surface area contributed by atoms with Crippen LogP contribution in [0.5, 0.6) is 5.75 Å². The molecule has 2 aromatic carbocycles. The normalized spacial score (nSPS) is 10.6. The van der Waals surface area contributed by atoms with Gasteiger partial charge in [0.25, 0.3) is 5.91 Å². The first-order valence-electron chi connectivity index (χ1n) is 9.06. The van der Waals surface area contributed by atoms with Crippen molar-refractivity contribution in [3.8, 4) is 17.1 Å². The lowest BCUT2D eigenvalue weighted by Gasteiger charge is -2.21. The Bertz CT molecular complexity index is 883. The smallest absolute Gasteiger partial charge is 0.254 e. The number of benzene rings is 2. The molecule has 3 rings (SSSR count). The van der Waals surface area contributed by atoms with E-state index in [1.54, 1.807) is 12.0 Å². The van der Waals surface area contributed by atoms with Crippen LogP contribution in [0.4, 0.5) is 0 Å². The Hall–Kier alpha value is -3.08. The maximum absolute atomic E-state index is 12.9. The molecule has 0 fully saturated rings. The molecule has 0 spiro atoms. The number of carbonyl (C=O) groups excluding carboxylic acids is 1. The Kier molecular flexibility index (Phi) is 5.91. The quantitative estimate of drug-likeness (QED) is 0.609. The zero-order chi connectivity index (χ0) is 19.2. The molecule has 0 aliphatic carbocycles. The lowest BCUT2D eigenvalue weighted by molar-refractivity contribution is 0.0739. The summed E-state index contributed by atoms with van der Waals surface area (Å²) in [4.78, 5) is 14.7. The Morgan fingerprint density at radius 2 is 1.81 bits per heavy atom. The second-order valence-electron chi connectivity index (χ2n) is 6.50. The second-order valence-corrected chi connectivity index (χ2v) is 6.50. The zero-order valence-corrected chi connectivity index (χ0v) is 15.9. The minimum Gasteiger partial charge on any atom is -0.497 e. The van der Waals surface area contributed by atoms with Crippen LogP contribution < -0.4 is 4.74 Å². The molecular weight excluding hydrogens is 340 g/mol. The maximum atomic E-state index is 12.9. The number of nitrogens with zero attached hydrogens (tertiary/aromatic N) is 2. The number of hydrogen-bond donors (Lipinski definition) is 0. The average Bonchev–Trinajstić information content (AvgIpc) is 3.16. The number of methoxy groups -OCH3 is 1. The molecule has 0 N–H and O–H groups in total. The molecule has 0 saturated heterocycles. The number of aryl methyl sites for hydroxylation is 1. The third kappa shape index (κ3) is 4.56. The summed E-state index contributed by atoms with van der Waals surface area (Å²) in [6.45, 7) is 5.15. The van der Waals surface area contributed by atoms with Gasteiger partial charge in [0, 0.05) is 23.7 Å². The lowest BCUT2D eigenvalue weighted by Crippen LogP contribution is -2.31. The number of rotatable bonds is 7. The van der Waals surface area contributed by atoms with Crippen LogP contribution in [0.25, 0.3) is 11.3 Å². The van der Waals surface area contributed by atoms with E-state index in [4.69, 9.17) is 9.26 Å². The first-order chi connectivity index (χ1) is 13.1. The van der Waals surface area contributed by atoms with Gasteiger partial charge in [0.15, 0.2) is 5.76 Å². The highest BCUT2D eigenvalue weighted by molar-refractivity contribution is 5.94. The van der Waals surface area contributed by atoms with Crippen LogP contribution in [0.1, 0.15) is 35.0 Å². The lowest BCUT2D eigenvalue weighted by atomic mass is 10.1. The van der Waals surface area contributed by atoms with Gasteiger partial charge >= 0.3 is 0 Å². The summed E-state index contributed by atoms with van der Waals surface area (Å²) >= 11 is 0. The van der Waals surface area contributed by atoms with Crippen molar-refractivity contribution < 1.29 is 14.1 Å². The van der Waals surface area contributed by atoms with E-state index in [0.717, 1.165) is 29.0 Å². The first kappa shape index (κ1) is 18.7. The number of carbonyl (C=O) groups is 1. The van der Waals surface area contributed by atoms with Gasteiger partial charge in [-0.3, -0.25) is 4.79 Å². The Morgan fingerprint density at radius 1 is 1.11 bits per heavy atom. The van der Waals surface area contributed by atoms with Crippen molar-refractivity contribution in [1.82, 2.24) is 10.1 Å². The van der Waals surface area contributed by atoms with Crippen LogP contribution in [-0.4, -0.2) is 29.6 Å². The molecule has 0 atom stereocenters. The fraction of sp³-hybridized carbons (Fsp3) is 0.273. The Morgan fingerprint density at radius 3 is 2.44 bits per heavy atom. The van der Waals surface area contributed by atoms with Gasteiger partial charge < -0.3 is 14.2 Å². The number of ether oxygens (including phenoxy) is 1. The van der Waals surface area contributed by atoms with Gasteiger partial charge in [0.05, 0.1) is 13.7 Å². The highest BCUT2D eigenvalue weighted by Crippen LogP contribution is 2.24. The van der Waals surface area contributed by atoms with E-state index in [0.29, 0.717) is 24.4 Å². The van der Waals surface area contributed by atoms with Crippen LogP contribution >= 0.6 is 0 Å². The predicted molar refractivity (Wildman–Crippen MR) is 105 cm³/mol. The molecule has 0 aliphatic heterocycles. The van der Waals surface area contributed by atoms with E-state index in [9.17, 15) is 4.79 Å². The maximum Gasteiger partial charge on any atom is 0.254 e. The minimum absolute atomic E-state index is 0.00541. The average molecular weight is 364 g/mol. The number of hydrogen-bond acceptors (Lipinski definition) is 4. The molecule has 5 nitrogen and oxygen atoms in total. The Balaban J connectivity index is 1.75. The van der Waals surface area contributed by atoms with E-state index < -0.39 is 0 Å². The summed E-state index contributed by atoms with van der Waals surface area (Å²) in [7, 11) is 1.63. The van der Waals surface area contributed by atoms with Crippen molar-refractivity contribution in [1.29, 1.82) is 0 Å². The zero-order valence-electron chi connectivity index (χ0n) is 15.9. The van der Waals surface area contributed by atoms with Gasteiger partial charge in [0.1, 0.15) is 11.4 Å². The van der Waals surface area contributed by atoms with Gasteiger partial charge in [-0.15, -0.1) is 0 Å². The van der Waals surface area contributed by atoms with Gasteiger partial charge in [0.2, 0.25) is 0 Å². The highest BCUT2D eigenvalue weighted by Gasteiger charge is 2.17. The van der Waals surface area contributed by atoms with Crippen molar-refractivity contribution in [2.45, 2.75) is 26.8 Å². The predicted octanol–water partition coefficient (Wildman–Crippen LogP) is 4.71. The topological polar surface area (TPSA) is 55.6 Å². The van der Waals surface area contributed by atoms with Gasteiger partial charge in [-0.05, 0) is 49.7 Å². The van der Waals surface area contributed by atoms with E-state index >= 15 is 0 Å². The van der Waals surface area contributed by atoms with Crippen LogP contribution in [0.15, 0.2) is 59.1 Å². The summed E-state index contributed by atoms with van der Waals surface area (Å²) in [5, 5.41) is 4.15. The van der Waals surface area contributed by atoms with Crippen LogP contribution in [-0.2, 0) is 6.54 Å². The summed E-state index contributed by atoms with van der Waals surface area (Å²) in [5.74, 6) is 1.47. The van der Waals surface area contributed by atoms with Gasteiger partial charge in [-0.1, -0.05) is 29.8 Å². The van der Waals surface area contributed by atoms with E-state index in [2.05, 4.69) is 12.1 Å². The van der Waals surface area contributed by atoms with Gasteiger partial charge in [-0.2, -0.15) is 0 Å². The molecule has 3 aromatic rings. The van der Waals surface area contributed by atoms with E-state index in [1.165, 1.54) is 0 Å². The van der Waals surface area contributed by atoms with Crippen molar-refractivity contribution in [2.75, 3.05) is 13.7 Å². The molecule has 0 unspecified atom stereocenters. The molecule has 0 aliphatic rings. The largest absolute Gasteiger partial charge is 0.497 e. The van der Waals surface area contributed by atoms with Crippen molar-refractivity contribution in [3.63, 3.8) is 0 Å². The molecule has 5 heteroatoms. The van der Waals surface area contributed by atoms with Crippen LogP contribution in [0.2, 0.25) is 0 Å². The minimum atomic E-state index is 0.00541. The second kappa shape index (κ2) is 8.54. The summed E-state index contributed by atoms with van der Waals surface area (Å²) in [5.41, 5.74) is 3.47. The summed E-state index contributed by atoms with van der Waals surface area (Å²) < 4.78 is 10.7. The monoisotopic (exact) mass is 364 g/mol. The third-order valence-electron chi connectivity index (χ3n) is 4.37. The SMILES string of the molecule is CCCN(Cc1cc(-c2ccc(OC)cc2)on1)C(=O)c1ccc(C)cc1. The summed E-state index contributed by atoms with van der Waals surface area (Å²) in [6, 6.07) is 17.1. The van der Waals surface area contributed by atoms with Crippen molar-refractivity contribution in [3.05, 3.63) is 71.4 Å². The molecule has 1 heterocycles. The van der Waals surface area contributed by atoms with Crippen molar-refractivity contribution in [2.24, 2.45) is 0 Å². The highest BCUT2D eigenvalue weighted by atomic mass is 16.5. The standard InChI is InChI=1S/C22H24N2O3/c1-4-13-24(22(25)18-7-5-16(2)6-8-18)15-19-14-21(27-23-19)17-9-11-20(26-3)12-10-17/h5-12,14H,4,13,15H2,1-3H3. The van der Waals surface area contributed by atoms with E-state index in [1.807, 2.05) is 61.5 Å². The molecule has 0 saturated carbocycles. The fourth-order valence-electron chi connectivity index (χ4n) is 2.87. The summed E-state index contributed by atoms with van der Waals surface area (Å²) in [6.07, 6.45) is 0.876. The van der Waals surface area contributed by atoms with Gasteiger partial charge in [-0.25, -0.2) is 0 Å². The molecule has 1 amide bonds. The molecule has 1 aromatic heterocycles. The molecule has 0 bridgehead atoms. The Labute approximate surface area is 159 Å². The molecule has 140 valence electrons.